The fourth-order valence-corrected chi connectivity index (χ4v) is 4.06. The van der Waals surface area contributed by atoms with Crippen LogP contribution in [0.15, 0.2) is 30.3 Å². The molecular formula is C19H16ClN5O2S. The second-order valence-electron chi connectivity index (χ2n) is 6.08. The number of nitrogens with zero attached hydrogens (tertiary/aromatic N) is 5. The van der Waals surface area contributed by atoms with Crippen molar-refractivity contribution in [3.8, 4) is 22.0 Å². The van der Waals surface area contributed by atoms with Gasteiger partial charge in [0, 0.05) is 16.8 Å². The van der Waals surface area contributed by atoms with Crippen molar-refractivity contribution in [3.05, 3.63) is 52.3 Å². The zero-order valence-electron chi connectivity index (χ0n) is 15.4. The van der Waals surface area contributed by atoms with Gasteiger partial charge in [-0.2, -0.15) is 9.61 Å². The van der Waals surface area contributed by atoms with Crippen molar-refractivity contribution < 1.29 is 9.53 Å². The van der Waals surface area contributed by atoms with Gasteiger partial charge in [0.2, 0.25) is 4.96 Å². The molecule has 0 radical (unpaired) electrons. The van der Waals surface area contributed by atoms with Gasteiger partial charge in [0.25, 0.3) is 0 Å². The standard InChI is InChI=1S/C19H16ClN5O2S/c1-4-27-18(26)14-9-13(10(2)21-11(14)3)16-22-23-19-25(16)24-17(28-19)12-7-5-6-8-15(12)20/h5-9H,4H2,1-3H3. The zero-order valence-corrected chi connectivity index (χ0v) is 17.0. The molecule has 0 aliphatic heterocycles. The summed E-state index contributed by atoms with van der Waals surface area (Å²) in [5.74, 6) is 0.102. The quantitative estimate of drug-likeness (QED) is 0.462. The van der Waals surface area contributed by atoms with Gasteiger partial charge in [-0.05, 0) is 32.9 Å². The molecule has 0 amide bonds. The van der Waals surface area contributed by atoms with Gasteiger partial charge in [0.1, 0.15) is 5.01 Å². The van der Waals surface area contributed by atoms with Crippen LogP contribution >= 0.6 is 22.9 Å². The number of carbonyl (C=O) groups excluding carboxylic acids is 1. The SMILES string of the molecule is CCOC(=O)c1cc(-c2nnc3sc(-c4ccccc4Cl)nn23)c(C)nc1C. The Hall–Kier alpha value is -2.84. The van der Waals surface area contributed by atoms with Crippen LogP contribution in [0, 0.1) is 13.8 Å². The molecule has 9 heteroatoms. The summed E-state index contributed by atoms with van der Waals surface area (Å²) in [4.78, 5) is 17.4. The average molecular weight is 414 g/mol. The number of ether oxygens (including phenoxy) is 1. The molecule has 3 heterocycles. The molecule has 0 aliphatic carbocycles. The van der Waals surface area contributed by atoms with E-state index in [4.69, 9.17) is 16.3 Å². The highest BCUT2D eigenvalue weighted by Crippen LogP contribution is 2.33. The molecule has 0 spiro atoms. The second-order valence-corrected chi connectivity index (χ2v) is 7.44. The summed E-state index contributed by atoms with van der Waals surface area (Å²) in [5, 5.41) is 14.5. The first-order valence-electron chi connectivity index (χ1n) is 8.62. The lowest BCUT2D eigenvalue weighted by atomic mass is 10.1. The minimum atomic E-state index is -0.412. The summed E-state index contributed by atoms with van der Waals surface area (Å²) in [5.41, 5.74) is 3.25. The number of aromatic nitrogens is 5. The molecule has 0 N–H and O–H groups in total. The van der Waals surface area contributed by atoms with Gasteiger partial charge in [0.15, 0.2) is 5.82 Å². The number of benzene rings is 1. The van der Waals surface area contributed by atoms with Gasteiger partial charge in [0.05, 0.1) is 22.9 Å². The fourth-order valence-electron chi connectivity index (χ4n) is 2.90. The van der Waals surface area contributed by atoms with E-state index < -0.39 is 5.97 Å². The predicted octanol–water partition coefficient (Wildman–Crippen LogP) is 4.36. The van der Waals surface area contributed by atoms with Crippen molar-refractivity contribution in [1.29, 1.82) is 0 Å². The lowest BCUT2D eigenvalue weighted by molar-refractivity contribution is 0.0525. The average Bonchev–Trinajstić information content (AvgIpc) is 3.23. The van der Waals surface area contributed by atoms with Gasteiger partial charge in [-0.25, -0.2) is 4.79 Å². The van der Waals surface area contributed by atoms with E-state index in [9.17, 15) is 4.79 Å². The molecule has 0 saturated heterocycles. The van der Waals surface area contributed by atoms with Gasteiger partial charge >= 0.3 is 5.97 Å². The van der Waals surface area contributed by atoms with Crippen LogP contribution in [0.1, 0.15) is 28.7 Å². The number of esters is 1. The van der Waals surface area contributed by atoms with Crippen LogP contribution in [-0.4, -0.2) is 37.4 Å². The summed E-state index contributed by atoms with van der Waals surface area (Å²) in [7, 11) is 0. The number of aryl methyl sites for hydroxylation is 2. The monoisotopic (exact) mass is 413 g/mol. The molecule has 3 aromatic heterocycles. The molecule has 0 unspecified atom stereocenters. The second kappa shape index (κ2) is 7.29. The van der Waals surface area contributed by atoms with Crippen molar-refractivity contribution in [3.63, 3.8) is 0 Å². The van der Waals surface area contributed by atoms with Crippen LogP contribution in [0.25, 0.3) is 26.9 Å². The van der Waals surface area contributed by atoms with Crippen molar-refractivity contribution in [1.82, 2.24) is 24.8 Å². The number of pyridine rings is 1. The Morgan fingerprint density at radius 2 is 1.96 bits per heavy atom. The van der Waals surface area contributed by atoms with Crippen LogP contribution in [-0.2, 0) is 4.74 Å². The highest BCUT2D eigenvalue weighted by atomic mass is 35.5. The Morgan fingerprint density at radius 1 is 1.18 bits per heavy atom. The summed E-state index contributed by atoms with van der Waals surface area (Å²) in [6.07, 6.45) is 0. The van der Waals surface area contributed by atoms with Gasteiger partial charge in [-0.15, -0.1) is 10.2 Å². The molecular weight excluding hydrogens is 398 g/mol. The molecule has 0 fully saturated rings. The molecule has 0 bridgehead atoms. The highest BCUT2D eigenvalue weighted by Gasteiger charge is 2.21. The zero-order chi connectivity index (χ0) is 19.8. The topological polar surface area (TPSA) is 82.3 Å². The van der Waals surface area contributed by atoms with E-state index in [1.54, 1.807) is 24.4 Å². The van der Waals surface area contributed by atoms with E-state index >= 15 is 0 Å². The fraction of sp³-hybridized carbons (Fsp3) is 0.211. The van der Waals surface area contributed by atoms with E-state index in [1.165, 1.54) is 11.3 Å². The third-order valence-electron chi connectivity index (χ3n) is 4.24. The van der Waals surface area contributed by atoms with E-state index in [1.807, 2.05) is 31.2 Å². The van der Waals surface area contributed by atoms with Gasteiger partial charge in [-0.3, -0.25) is 4.98 Å². The Labute approximate surface area is 170 Å². The normalized spacial score (nSPS) is 11.1. The first-order valence-corrected chi connectivity index (χ1v) is 9.82. The maximum Gasteiger partial charge on any atom is 0.339 e. The van der Waals surface area contributed by atoms with E-state index in [2.05, 4.69) is 20.3 Å². The number of hydrogen-bond acceptors (Lipinski definition) is 7. The molecule has 7 nitrogen and oxygen atoms in total. The first kappa shape index (κ1) is 18.5. The van der Waals surface area contributed by atoms with Crippen LogP contribution < -0.4 is 0 Å². The molecule has 28 heavy (non-hydrogen) atoms. The molecule has 4 aromatic rings. The van der Waals surface area contributed by atoms with E-state index in [0.717, 1.165) is 16.3 Å². The molecule has 0 saturated carbocycles. The number of carbonyl (C=O) groups is 1. The molecule has 0 atom stereocenters. The van der Waals surface area contributed by atoms with E-state index in [0.29, 0.717) is 39.2 Å². The summed E-state index contributed by atoms with van der Waals surface area (Å²) >= 11 is 7.69. The van der Waals surface area contributed by atoms with Crippen molar-refractivity contribution >= 4 is 33.9 Å². The van der Waals surface area contributed by atoms with Crippen molar-refractivity contribution in [2.75, 3.05) is 6.61 Å². The van der Waals surface area contributed by atoms with Gasteiger partial charge in [-0.1, -0.05) is 41.1 Å². The minimum Gasteiger partial charge on any atom is -0.462 e. The van der Waals surface area contributed by atoms with Crippen LogP contribution in [0.3, 0.4) is 0 Å². The maximum absolute atomic E-state index is 12.3. The number of hydrogen-bond donors (Lipinski definition) is 0. The van der Waals surface area contributed by atoms with Crippen molar-refractivity contribution in [2.45, 2.75) is 20.8 Å². The number of rotatable bonds is 4. The van der Waals surface area contributed by atoms with E-state index in [-0.39, 0.29) is 0 Å². The molecule has 1 aromatic carbocycles. The van der Waals surface area contributed by atoms with Crippen LogP contribution in [0.2, 0.25) is 5.02 Å². The summed E-state index contributed by atoms with van der Waals surface area (Å²) in [6, 6.07) is 9.24. The number of fused-ring (bicyclic) bond motifs is 1. The maximum atomic E-state index is 12.3. The summed E-state index contributed by atoms with van der Waals surface area (Å²) < 4.78 is 6.78. The minimum absolute atomic E-state index is 0.296. The van der Waals surface area contributed by atoms with Crippen LogP contribution in [0.5, 0.6) is 0 Å². The molecule has 142 valence electrons. The summed E-state index contributed by atoms with van der Waals surface area (Å²) in [6.45, 7) is 5.70. The Bertz CT molecular complexity index is 1200. The van der Waals surface area contributed by atoms with Gasteiger partial charge < -0.3 is 4.74 Å². The Morgan fingerprint density at radius 3 is 2.71 bits per heavy atom. The Balaban J connectivity index is 1.85. The Kier molecular flexibility index (Phi) is 4.82. The smallest absolute Gasteiger partial charge is 0.339 e. The lowest BCUT2D eigenvalue weighted by Gasteiger charge is -2.09. The third-order valence-corrected chi connectivity index (χ3v) is 5.50. The number of halogens is 1. The van der Waals surface area contributed by atoms with Crippen molar-refractivity contribution in [2.24, 2.45) is 0 Å². The largest absolute Gasteiger partial charge is 0.462 e. The predicted molar refractivity (Wildman–Crippen MR) is 108 cm³/mol. The first-order chi connectivity index (χ1) is 13.5. The third kappa shape index (κ3) is 3.14. The molecule has 0 aliphatic rings. The lowest BCUT2D eigenvalue weighted by Crippen LogP contribution is -2.10. The highest BCUT2D eigenvalue weighted by molar-refractivity contribution is 7.19. The van der Waals surface area contributed by atoms with Crippen LogP contribution in [0.4, 0.5) is 0 Å². The molecule has 4 rings (SSSR count).